The minimum absolute atomic E-state index is 0.263. The predicted octanol–water partition coefficient (Wildman–Crippen LogP) is 2.05. The molecule has 3 nitrogen and oxygen atoms in total. The topological polar surface area (TPSA) is 26.7 Å². The van der Waals surface area contributed by atoms with Crippen molar-refractivity contribution in [3.05, 3.63) is 34.9 Å². The smallest absolute Gasteiger partial charge is 0.0558 e. The van der Waals surface area contributed by atoms with Crippen molar-refractivity contribution in [1.29, 1.82) is 0 Å². The average Bonchev–Trinajstić information content (AvgIpc) is 2.41. The first-order chi connectivity index (χ1) is 9.19. The summed E-state index contributed by atoms with van der Waals surface area (Å²) in [6.07, 6.45) is 0. The van der Waals surface area contributed by atoms with Crippen molar-refractivity contribution in [1.82, 2.24) is 9.80 Å². The zero-order valence-corrected chi connectivity index (χ0v) is 12.3. The lowest BCUT2D eigenvalue weighted by Gasteiger charge is -2.35. The van der Waals surface area contributed by atoms with E-state index < -0.39 is 0 Å². The lowest BCUT2D eigenvalue weighted by Crippen LogP contribution is -2.47. The maximum atomic E-state index is 8.94. The van der Waals surface area contributed by atoms with Gasteiger partial charge >= 0.3 is 0 Å². The number of benzene rings is 1. The third-order valence-electron chi connectivity index (χ3n) is 3.83. The highest BCUT2D eigenvalue weighted by Gasteiger charge is 2.18. The summed E-state index contributed by atoms with van der Waals surface area (Å²) < 4.78 is 0. The molecular formula is C15H23ClN2O. The Kier molecular flexibility index (Phi) is 5.64. The molecule has 1 atom stereocenters. The number of piperazine rings is 1. The molecule has 0 aliphatic carbocycles. The van der Waals surface area contributed by atoms with Crippen LogP contribution in [0.5, 0.6) is 0 Å². The second-order valence-corrected chi connectivity index (χ2v) is 5.76. The second-order valence-electron chi connectivity index (χ2n) is 5.32. The standard InChI is InChI=1S/C15H23ClN2O/c1-13(14-3-2-4-15(16)11-14)12-18-7-5-17(6-8-18)9-10-19/h2-4,11,13,19H,5-10,12H2,1H3/t13-/m0/s1. The van der Waals surface area contributed by atoms with Gasteiger partial charge in [0.25, 0.3) is 0 Å². The van der Waals surface area contributed by atoms with E-state index in [1.54, 1.807) is 0 Å². The van der Waals surface area contributed by atoms with Gasteiger partial charge < -0.3 is 10.0 Å². The minimum Gasteiger partial charge on any atom is -0.395 e. The highest BCUT2D eigenvalue weighted by atomic mass is 35.5. The Balaban J connectivity index is 1.82. The highest BCUT2D eigenvalue weighted by Crippen LogP contribution is 2.20. The number of hydrogen-bond donors (Lipinski definition) is 1. The van der Waals surface area contributed by atoms with E-state index in [1.807, 2.05) is 12.1 Å². The molecule has 0 radical (unpaired) electrons. The summed E-state index contributed by atoms with van der Waals surface area (Å²) >= 11 is 6.04. The molecule has 1 aliphatic rings. The summed E-state index contributed by atoms with van der Waals surface area (Å²) in [6, 6.07) is 8.16. The molecule has 1 aliphatic heterocycles. The fourth-order valence-corrected chi connectivity index (χ4v) is 2.84. The van der Waals surface area contributed by atoms with Crippen LogP contribution in [0.4, 0.5) is 0 Å². The Morgan fingerprint density at radius 1 is 1.21 bits per heavy atom. The van der Waals surface area contributed by atoms with E-state index in [1.165, 1.54) is 5.56 Å². The molecule has 1 fully saturated rings. The van der Waals surface area contributed by atoms with Crippen molar-refractivity contribution in [3.63, 3.8) is 0 Å². The number of aliphatic hydroxyl groups excluding tert-OH is 1. The van der Waals surface area contributed by atoms with Crippen molar-refractivity contribution in [2.45, 2.75) is 12.8 Å². The van der Waals surface area contributed by atoms with Crippen molar-refractivity contribution < 1.29 is 5.11 Å². The number of β-amino-alcohol motifs (C(OH)–C–C–N with tert-alkyl or cyclic N) is 1. The second kappa shape index (κ2) is 7.25. The van der Waals surface area contributed by atoms with Crippen LogP contribution in [-0.4, -0.2) is 60.8 Å². The van der Waals surface area contributed by atoms with Crippen LogP contribution in [0.15, 0.2) is 24.3 Å². The van der Waals surface area contributed by atoms with Gasteiger partial charge in [0, 0.05) is 44.3 Å². The molecule has 1 aromatic rings. The van der Waals surface area contributed by atoms with E-state index in [0.29, 0.717) is 5.92 Å². The van der Waals surface area contributed by atoms with E-state index in [0.717, 1.165) is 44.3 Å². The Bertz CT molecular complexity index is 391. The summed E-state index contributed by atoms with van der Waals surface area (Å²) in [5.41, 5.74) is 1.31. The normalized spacial score (nSPS) is 19.5. The average molecular weight is 283 g/mol. The number of hydrogen-bond acceptors (Lipinski definition) is 3. The predicted molar refractivity (Wildman–Crippen MR) is 79.8 cm³/mol. The molecule has 19 heavy (non-hydrogen) atoms. The third kappa shape index (κ3) is 4.46. The lowest BCUT2D eigenvalue weighted by molar-refractivity contribution is 0.109. The van der Waals surface area contributed by atoms with Crippen LogP contribution in [0.25, 0.3) is 0 Å². The third-order valence-corrected chi connectivity index (χ3v) is 4.07. The lowest BCUT2D eigenvalue weighted by atomic mass is 10.0. The largest absolute Gasteiger partial charge is 0.395 e. The first-order valence-corrected chi connectivity index (χ1v) is 7.38. The van der Waals surface area contributed by atoms with E-state index in [9.17, 15) is 0 Å². The van der Waals surface area contributed by atoms with Gasteiger partial charge in [0.15, 0.2) is 0 Å². The van der Waals surface area contributed by atoms with Crippen LogP contribution in [0, 0.1) is 0 Å². The maximum absolute atomic E-state index is 8.94. The molecule has 0 bridgehead atoms. The maximum Gasteiger partial charge on any atom is 0.0558 e. The molecule has 1 heterocycles. The van der Waals surface area contributed by atoms with E-state index in [4.69, 9.17) is 16.7 Å². The van der Waals surface area contributed by atoms with Crippen LogP contribution >= 0.6 is 11.6 Å². The van der Waals surface area contributed by atoms with E-state index in [2.05, 4.69) is 28.9 Å². The molecular weight excluding hydrogens is 260 g/mol. The van der Waals surface area contributed by atoms with Crippen LogP contribution in [-0.2, 0) is 0 Å². The molecule has 0 unspecified atom stereocenters. The van der Waals surface area contributed by atoms with E-state index >= 15 is 0 Å². The molecule has 4 heteroatoms. The first kappa shape index (κ1) is 14.8. The molecule has 0 saturated carbocycles. The van der Waals surface area contributed by atoms with Gasteiger partial charge in [-0.1, -0.05) is 30.7 Å². The van der Waals surface area contributed by atoms with Gasteiger partial charge in [0.2, 0.25) is 0 Å². The monoisotopic (exact) mass is 282 g/mol. The van der Waals surface area contributed by atoms with Crippen molar-refractivity contribution in [2.24, 2.45) is 0 Å². The van der Waals surface area contributed by atoms with Gasteiger partial charge in [-0.15, -0.1) is 0 Å². The molecule has 1 saturated heterocycles. The first-order valence-electron chi connectivity index (χ1n) is 7.00. The summed E-state index contributed by atoms with van der Waals surface area (Å²) in [7, 11) is 0. The van der Waals surface area contributed by atoms with Crippen molar-refractivity contribution >= 4 is 11.6 Å². The summed E-state index contributed by atoms with van der Waals surface area (Å²) in [4.78, 5) is 4.82. The van der Waals surface area contributed by atoms with Gasteiger partial charge in [-0.25, -0.2) is 0 Å². The number of aliphatic hydroxyl groups is 1. The van der Waals surface area contributed by atoms with Crippen LogP contribution < -0.4 is 0 Å². The van der Waals surface area contributed by atoms with Gasteiger partial charge in [0.1, 0.15) is 0 Å². The minimum atomic E-state index is 0.263. The summed E-state index contributed by atoms with van der Waals surface area (Å²) in [6.45, 7) is 8.69. The fraction of sp³-hybridized carbons (Fsp3) is 0.600. The Morgan fingerprint density at radius 2 is 1.89 bits per heavy atom. The molecule has 1 N–H and O–H groups in total. The number of rotatable bonds is 5. The summed E-state index contributed by atoms with van der Waals surface area (Å²) in [5.74, 6) is 0.503. The Morgan fingerprint density at radius 3 is 2.53 bits per heavy atom. The summed E-state index contributed by atoms with van der Waals surface area (Å²) in [5, 5.41) is 9.75. The van der Waals surface area contributed by atoms with Gasteiger partial charge in [0.05, 0.1) is 6.61 Å². The quantitative estimate of drug-likeness (QED) is 0.895. The fourth-order valence-electron chi connectivity index (χ4n) is 2.64. The van der Waals surface area contributed by atoms with E-state index in [-0.39, 0.29) is 6.61 Å². The van der Waals surface area contributed by atoms with Crippen molar-refractivity contribution in [2.75, 3.05) is 45.9 Å². The van der Waals surface area contributed by atoms with Crippen LogP contribution in [0.1, 0.15) is 18.4 Å². The van der Waals surface area contributed by atoms with Crippen LogP contribution in [0.3, 0.4) is 0 Å². The number of nitrogens with zero attached hydrogens (tertiary/aromatic N) is 2. The highest BCUT2D eigenvalue weighted by molar-refractivity contribution is 6.30. The zero-order chi connectivity index (χ0) is 13.7. The molecule has 106 valence electrons. The van der Waals surface area contributed by atoms with Gasteiger partial charge in [-0.2, -0.15) is 0 Å². The van der Waals surface area contributed by atoms with Crippen molar-refractivity contribution in [3.8, 4) is 0 Å². The van der Waals surface area contributed by atoms with Gasteiger partial charge in [-0.05, 0) is 23.6 Å². The Hall–Kier alpha value is -0.610. The molecule has 2 rings (SSSR count). The SMILES string of the molecule is C[C@@H](CN1CCN(CCO)CC1)c1cccc(Cl)c1. The molecule has 1 aromatic carbocycles. The molecule has 0 amide bonds. The number of halogens is 1. The molecule has 0 spiro atoms. The van der Waals surface area contributed by atoms with Crippen LogP contribution in [0.2, 0.25) is 5.02 Å². The Labute approximate surface area is 120 Å². The molecule has 0 aromatic heterocycles. The zero-order valence-electron chi connectivity index (χ0n) is 11.6. The van der Waals surface area contributed by atoms with Gasteiger partial charge in [-0.3, -0.25) is 4.90 Å².